The molecule has 1 aromatic heterocycles. The van der Waals surface area contributed by atoms with E-state index in [0.717, 1.165) is 30.8 Å². The molecule has 1 aliphatic carbocycles. The minimum atomic E-state index is -0.238. The van der Waals surface area contributed by atoms with Gasteiger partial charge in [0.1, 0.15) is 5.82 Å². The van der Waals surface area contributed by atoms with Gasteiger partial charge in [-0.2, -0.15) is 0 Å². The SMILES string of the molecule is Fc1cccc(-c2nc3c(c(C4CC4)n2)CNCC3)c1. The van der Waals surface area contributed by atoms with Crippen LogP contribution in [0.5, 0.6) is 0 Å². The summed E-state index contributed by atoms with van der Waals surface area (Å²) in [6.45, 7) is 1.82. The van der Waals surface area contributed by atoms with Crippen LogP contribution in [0.25, 0.3) is 11.4 Å². The highest BCUT2D eigenvalue weighted by Crippen LogP contribution is 2.42. The van der Waals surface area contributed by atoms with E-state index in [9.17, 15) is 4.39 Å². The smallest absolute Gasteiger partial charge is 0.159 e. The predicted molar refractivity (Wildman–Crippen MR) is 74.8 cm³/mol. The van der Waals surface area contributed by atoms with Gasteiger partial charge in [-0.1, -0.05) is 12.1 Å². The predicted octanol–water partition coefficient (Wildman–Crippen LogP) is 2.81. The molecular formula is C16H16FN3. The molecule has 102 valence electrons. The van der Waals surface area contributed by atoms with Gasteiger partial charge in [-0.05, 0) is 25.0 Å². The Morgan fingerprint density at radius 1 is 1.20 bits per heavy atom. The van der Waals surface area contributed by atoms with Crippen molar-refractivity contribution < 1.29 is 4.39 Å². The monoisotopic (exact) mass is 269 g/mol. The molecule has 0 unspecified atom stereocenters. The van der Waals surface area contributed by atoms with Crippen LogP contribution in [0.15, 0.2) is 24.3 Å². The molecule has 2 aliphatic rings. The molecule has 1 saturated carbocycles. The maximum atomic E-state index is 13.4. The number of fused-ring (bicyclic) bond motifs is 1. The molecule has 1 aromatic carbocycles. The largest absolute Gasteiger partial charge is 0.312 e. The van der Waals surface area contributed by atoms with Crippen molar-refractivity contribution >= 4 is 0 Å². The Kier molecular flexibility index (Phi) is 2.77. The molecular weight excluding hydrogens is 253 g/mol. The lowest BCUT2D eigenvalue weighted by atomic mass is 10.0. The number of nitrogens with one attached hydrogen (secondary N) is 1. The molecule has 2 aromatic rings. The number of hydrogen-bond donors (Lipinski definition) is 1. The van der Waals surface area contributed by atoms with Crippen molar-refractivity contribution in [1.29, 1.82) is 0 Å². The topological polar surface area (TPSA) is 37.8 Å². The first kappa shape index (κ1) is 12.0. The summed E-state index contributed by atoms with van der Waals surface area (Å²) in [6, 6.07) is 6.56. The third-order valence-electron chi connectivity index (χ3n) is 4.01. The van der Waals surface area contributed by atoms with Gasteiger partial charge in [0.25, 0.3) is 0 Å². The fraction of sp³-hybridized carbons (Fsp3) is 0.375. The maximum Gasteiger partial charge on any atom is 0.159 e. The number of nitrogens with zero attached hydrogens (tertiary/aromatic N) is 2. The molecule has 0 amide bonds. The first-order chi connectivity index (χ1) is 9.81. The van der Waals surface area contributed by atoms with E-state index in [1.807, 2.05) is 6.07 Å². The van der Waals surface area contributed by atoms with E-state index >= 15 is 0 Å². The second kappa shape index (κ2) is 4.63. The summed E-state index contributed by atoms with van der Waals surface area (Å²) in [5.41, 5.74) is 4.37. The van der Waals surface area contributed by atoms with Crippen molar-refractivity contribution in [3.05, 3.63) is 47.0 Å². The van der Waals surface area contributed by atoms with E-state index in [4.69, 9.17) is 4.98 Å². The van der Waals surface area contributed by atoms with E-state index in [1.54, 1.807) is 6.07 Å². The lowest BCUT2D eigenvalue weighted by Gasteiger charge is -2.20. The highest BCUT2D eigenvalue weighted by Gasteiger charge is 2.30. The Labute approximate surface area is 117 Å². The number of benzene rings is 1. The number of hydrogen-bond acceptors (Lipinski definition) is 3. The van der Waals surface area contributed by atoms with Crippen molar-refractivity contribution in [1.82, 2.24) is 15.3 Å². The maximum absolute atomic E-state index is 13.4. The number of aromatic nitrogens is 2. The Hall–Kier alpha value is -1.81. The molecule has 4 rings (SSSR count). The Balaban J connectivity index is 1.86. The van der Waals surface area contributed by atoms with Crippen LogP contribution in [0.4, 0.5) is 4.39 Å². The van der Waals surface area contributed by atoms with Crippen LogP contribution in [0, 0.1) is 5.82 Å². The quantitative estimate of drug-likeness (QED) is 0.911. The van der Waals surface area contributed by atoms with Gasteiger partial charge in [0.05, 0.1) is 11.4 Å². The van der Waals surface area contributed by atoms with Crippen molar-refractivity contribution in [3.8, 4) is 11.4 Å². The van der Waals surface area contributed by atoms with Crippen LogP contribution >= 0.6 is 0 Å². The fourth-order valence-electron chi connectivity index (χ4n) is 2.82. The minimum absolute atomic E-state index is 0.238. The number of halogens is 1. The van der Waals surface area contributed by atoms with Gasteiger partial charge in [-0.25, -0.2) is 14.4 Å². The first-order valence-corrected chi connectivity index (χ1v) is 7.17. The van der Waals surface area contributed by atoms with E-state index in [0.29, 0.717) is 11.7 Å². The summed E-state index contributed by atoms with van der Waals surface area (Å²) >= 11 is 0. The van der Waals surface area contributed by atoms with Gasteiger partial charge in [0.2, 0.25) is 0 Å². The lowest BCUT2D eigenvalue weighted by molar-refractivity contribution is 0.616. The summed E-state index contributed by atoms with van der Waals surface area (Å²) in [4.78, 5) is 9.42. The molecule has 4 heteroatoms. The van der Waals surface area contributed by atoms with Crippen LogP contribution in [-0.2, 0) is 13.0 Å². The van der Waals surface area contributed by atoms with E-state index in [2.05, 4.69) is 10.3 Å². The molecule has 20 heavy (non-hydrogen) atoms. The third-order valence-corrected chi connectivity index (χ3v) is 4.01. The summed E-state index contributed by atoms with van der Waals surface area (Å²) in [5.74, 6) is 1.02. The van der Waals surface area contributed by atoms with Gasteiger partial charge >= 0.3 is 0 Å². The molecule has 2 heterocycles. The first-order valence-electron chi connectivity index (χ1n) is 7.17. The average molecular weight is 269 g/mol. The Bertz CT molecular complexity index is 665. The standard InChI is InChI=1S/C16H16FN3/c17-12-3-1-2-11(8-12)16-19-14-6-7-18-9-13(14)15(20-16)10-4-5-10/h1-3,8,10,18H,4-7,9H2. The van der Waals surface area contributed by atoms with Crippen molar-refractivity contribution in [3.63, 3.8) is 0 Å². The van der Waals surface area contributed by atoms with Crippen LogP contribution < -0.4 is 5.32 Å². The van der Waals surface area contributed by atoms with Gasteiger partial charge < -0.3 is 5.32 Å². The molecule has 0 radical (unpaired) electrons. The fourth-order valence-corrected chi connectivity index (χ4v) is 2.82. The zero-order valence-electron chi connectivity index (χ0n) is 11.2. The molecule has 1 fully saturated rings. The van der Waals surface area contributed by atoms with Crippen molar-refractivity contribution in [2.24, 2.45) is 0 Å². The molecule has 1 N–H and O–H groups in total. The minimum Gasteiger partial charge on any atom is -0.312 e. The normalized spacial score (nSPS) is 17.9. The van der Waals surface area contributed by atoms with Crippen LogP contribution in [-0.4, -0.2) is 16.5 Å². The van der Waals surface area contributed by atoms with Gasteiger partial charge in [0.15, 0.2) is 5.82 Å². The Morgan fingerprint density at radius 2 is 2.10 bits per heavy atom. The zero-order chi connectivity index (χ0) is 13.5. The summed E-state index contributed by atoms with van der Waals surface area (Å²) in [6.07, 6.45) is 3.36. The summed E-state index contributed by atoms with van der Waals surface area (Å²) < 4.78 is 13.4. The van der Waals surface area contributed by atoms with E-state index in [1.165, 1.54) is 36.2 Å². The molecule has 0 spiro atoms. The molecule has 0 atom stereocenters. The van der Waals surface area contributed by atoms with E-state index < -0.39 is 0 Å². The highest BCUT2D eigenvalue weighted by atomic mass is 19.1. The highest BCUT2D eigenvalue weighted by molar-refractivity contribution is 5.56. The molecule has 3 nitrogen and oxygen atoms in total. The van der Waals surface area contributed by atoms with Crippen LogP contribution in [0.1, 0.15) is 35.7 Å². The number of rotatable bonds is 2. The zero-order valence-corrected chi connectivity index (χ0v) is 11.2. The van der Waals surface area contributed by atoms with Crippen LogP contribution in [0.2, 0.25) is 0 Å². The van der Waals surface area contributed by atoms with Crippen LogP contribution in [0.3, 0.4) is 0 Å². The Morgan fingerprint density at radius 3 is 2.90 bits per heavy atom. The lowest BCUT2D eigenvalue weighted by Crippen LogP contribution is -2.26. The van der Waals surface area contributed by atoms with Crippen molar-refractivity contribution in [2.75, 3.05) is 6.54 Å². The molecule has 0 bridgehead atoms. The van der Waals surface area contributed by atoms with Gasteiger partial charge in [-0.15, -0.1) is 0 Å². The average Bonchev–Trinajstić information content (AvgIpc) is 3.31. The molecule has 1 aliphatic heterocycles. The van der Waals surface area contributed by atoms with E-state index in [-0.39, 0.29) is 5.82 Å². The second-order valence-electron chi connectivity index (χ2n) is 5.57. The summed E-state index contributed by atoms with van der Waals surface area (Å²) in [5, 5.41) is 3.39. The van der Waals surface area contributed by atoms with Gasteiger partial charge in [-0.3, -0.25) is 0 Å². The summed E-state index contributed by atoms with van der Waals surface area (Å²) in [7, 11) is 0. The molecule has 0 saturated heterocycles. The van der Waals surface area contributed by atoms with Gasteiger partial charge in [0, 0.05) is 36.6 Å². The second-order valence-corrected chi connectivity index (χ2v) is 5.57. The van der Waals surface area contributed by atoms with Crippen molar-refractivity contribution in [2.45, 2.75) is 31.7 Å². The third kappa shape index (κ3) is 2.10.